The highest BCUT2D eigenvalue weighted by atomic mass is 16.2. The molecule has 0 bridgehead atoms. The Kier molecular flexibility index (Phi) is 5.22. The van der Waals surface area contributed by atoms with E-state index in [-0.39, 0.29) is 12.1 Å². The molecule has 1 aromatic rings. The third kappa shape index (κ3) is 4.48. The summed E-state index contributed by atoms with van der Waals surface area (Å²) in [5.74, 6) is 5.73. The van der Waals surface area contributed by atoms with E-state index >= 15 is 0 Å². The van der Waals surface area contributed by atoms with Crippen LogP contribution >= 0.6 is 0 Å². The minimum atomic E-state index is -0.211. The first-order valence-corrected chi connectivity index (χ1v) is 5.90. The van der Waals surface area contributed by atoms with E-state index < -0.39 is 0 Å². The SMILES string of the molecule is Cc1ccc(C#CCN)cc1NC(=O)NC(C)C. The summed E-state index contributed by atoms with van der Waals surface area (Å²) in [4.78, 5) is 11.6. The lowest BCUT2D eigenvalue weighted by molar-refractivity contribution is 0.250. The molecule has 2 amide bonds. The van der Waals surface area contributed by atoms with Gasteiger partial charge in [0.2, 0.25) is 0 Å². The van der Waals surface area contributed by atoms with E-state index in [0.717, 1.165) is 16.8 Å². The number of urea groups is 1. The minimum Gasteiger partial charge on any atom is -0.336 e. The molecule has 18 heavy (non-hydrogen) atoms. The third-order valence-electron chi connectivity index (χ3n) is 2.24. The first-order chi connectivity index (χ1) is 8.52. The lowest BCUT2D eigenvalue weighted by atomic mass is 10.1. The molecule has 0 spiro atoms. The van der Waals surface area contributed by atoms with Gasteiger partial charge in [-0.1, -0.05) is 17.9 Å². The van der Waals surface area contributed by atoms with Gasteiger partial charge in [-0.25, -0.2) is 4.79 Å². The zero-order chi connectivity index (χ0) is 13.5. The monoisotopic (exact) mass is 245 g/mol. The van der Waals surface area contributed by atoms with Crippen molar-refractivity contribution in [3.05, 3.63) is 29.3 Å². The second-order valence-electron chi connectivity index (χ2n) is 4.29. The highest BCUT2D eigenvalue weighted by molar-refractivity contribution is 5.90. The number of aryl methyl sites for hydroxylation is 1. The summed E-state index contributed by atoms with van der Waals surface area (Å²) in [5.41, 5.74) is 7.92. The Hall–Kier alpha value is -1.99. The molecule has 0 aromatic heterocycles. The number of hydrogen-bond donors (Lipinski definition) is 3. The van der Waals surface area contributed by atoms with Crippen molar-refractivity contribution in [1.29, 1.82) is 0 Å². The minimum absolute atomic E-state index is 0.102. The van der Waals surface area contributed by atoms with Gasteiger partial charge >= 0.3 is 6.03 Å². The average Bonchev–Trinajstić information content (AvgIpc) is 2.29. The van der Waals surface area contributed by atoms with E-state index in [1.807, 2.05) is 39.0 Å². The molecule has 0 fully saturated rings. The maximum Gasteiger partial charge on any atom is 0.319 e. The number of nitrogens with one attached hydrogen (secondary N) is 2. The summed E-state index contributed by atoms with van der Waals surface area (Å²) in [7, 11) is 0. The molecular weight excluding hydrogens is 226 g/mol. The summed E-state index contributed by atoms with van der Waals surface area (Å²) in [6.45, 7) is 6.08. The van der Waals surface area contributed by atoms with Gasteiger partial charge in [-0.3, -0.25) is 0 Å². The molecule has 4 heteroatoms. The van der Waals surface area contributed by atoms with Gasteiger partial charge in [-0.2, -0.15) is 0 Å². The first kappa shape index (κ1) is 14.1. The molecule has 1 aromatic carbocycles. The zero-order valence-electron chi connectivity index (χ0n) is 11.0. The quantitative estimate of drug-likeness (QED) is 0.696. The fourth-order valence-electron chi connectivity index (χ4n) is 1.41. The molecule has 0 aliphatic rings. The predicted molar refractivity (Wildman–Crippen MR) is 74.4 cm³/mol. The number of carbonyl (C=O) groups is 1. The Labute approximate surface area is 108 Å². The van der Waals surface area contributed by atoms with Crippen molar-refractivity contribution >= 4 is 11.7 Å². The van der Waals surface area contributed by atoms with Gasteiger partial charge in [0.25, 0.3) is 0 Å². The van der Waals surface area contributed by atoms with Crippen LogP contribution in [0.15, 0.2) is 18.2 Å². The van der Waals surface area contributed by atoms with Gasteiger partial charge in [-0.15, -0.1) is 0 Å². The Morgan fingerprint density at radius 2 is 2.17 bits per heavy atom. The second kappa shape index (κ2) is 6.67. The molecule has 0 atom stereocenters. The number of nitrogens with two attached hydrogens (primary N) is 1. The van der Waals surface area contributed by atoms with Gasteiger partial charge in [0.05, 0.1) is 6.54 Å². The fourth-order valence-corrected chi connectivity index (χ4v) is 1.41. The van der Waals surface area contributed by atoms with Crippen LogP contribution in [0, 0.1) is 18.8 Å². The highest BCUT2D eigenvalue weighted by Crippen LogP contribution is 2.16. The standard InChI is InChI=1S/C14H19N3O/c1-10(2)16-14(18)17-13-9-12(5-4-8-15)7-6-11(13)3/h6-7,9-10H,8,15H2,1-3H3,(H2,16,17,18). The molecule has 0 aliphatic carbocycles. The average molecular weight is 245 g/mol. The van der Waals surface area contributed by atoms with Crippen LogP contribution in [0.2, 0.25) is 0 Å². The summed E-state index contributed by atoms with van der Waals surface area (Å²) >= 11 is 0. The Balaban J connectivity index is 2.84. The van der Waals surface area contributed by atoms with Crippen molar-refractivity contribution < 1.29 is 4.79 Å². The summed E-state index contributed by atoms with van der Waals surface area (Å²) in [6.07, 6.45) is 0. The van der Waals surface area contributed by atoms with Crippen LogP contribution in [0.3, 0.4) is 0 Å². The fraction of sp³-hybridized carbons (Fsp3) is 0.357. The smallest absolute Gasteiger partial charge is 0.319 e. The summed E-state index contributed by atoms with van der Waals surface area (Å²) in [6, 6.07) is 5.56. The normalized spacial score (nSPS) is 9.61. The molecule has 4 nitrogen and oxygen atoms in total. The molecule has 96 valence electrons. The van der Waals surface area contributed by atoms with Gasteiger partial charge in [0.1, 0.15) is 0 Å². The van der Waals surface area contributed by atoms with Crippen molar-refractivity contribution in [2.75, 3.05) is 11.9 Å². The van der Waals surface area contributed by atoms with Gasteiger partial charge in [0, 0.05) is 17.3 Å². The Morgan fingerprint density at radius 3 is 2.78 bits per heavy atom. The first-order valence-electron chi connectivity index (χ1n) is 5.90. The molecular formula is C14H19N3O. The molecule has 0 heterocycles. The van der Waals surface area contributed by atoms with Crippen LogP contribution in [0.5, 0.6) is 0 Å². The second-order valence-corrected chi connectivity index (χ2v) is 4.29. The van der Waals surface area contributed by atoms with Crippen LogP contribution in [-0.2, 0) is 0 Å². The van der Waals surface area contributed by atoms with Crippen molar-refractivity contribution in [2.45, 2.75) is 26.8 Å². The van der Waals surface area contributed by atoms with Crippen LogP contribution in [0.1, 0.15) is 25.0 Å². The molecule has 0 unspecified atom stereocenters. The lowest BCUT2D eigenvalue weighted by Gasteiger charge is -2.12. The number of amides is 2. The molecule has 0 radical (unpaired) electrons. The highest BCUT2D eigenvalue weighted by Gasteiger charge is 2.05. The van der Waals surface area contributed by atoms with E-state index in [2.05, 4.69) is 22.5 Å². The van der Waals surface area contributed by atoms with Crippen LogP contribution < -0.4 is 16.4 Å². The van der Waals surface area contributed by atoms with Crippen LogP contribution in [0.4, 0.5) is 10.5 Å². The maximum absolute atomic E-state index is 11.6. The number of rotatable bonds is 2. The van der Waals surface area contributed by atoms with Crippen molar-refractivity contribution in [3.8, 4) is 11.8 Å². The topological polar surface area (TPSA) is 67.1 Å². The van der Waals surface area contributed by atoms with Gasteiger partial charge in [0.15, 0.2) is 0 Å². The molecule has 4 N–H and O–H groups in total. The van der Waals surface area contributed by atoms with Crippen molar-refractivity contribution in [3.63, 3.8) is 0 Å². The van der Waals surface area contributed by atoms with Crippen molar-refractivity contribution in [1.82, 2.24) is 5.32 Å². The Bertz CT molecular complexity index is 484. The molecule has 0 aliphatic heterocycles. The van der Waals surface area contributed by atoms with E-state index in [0.29, 0.717) is 6.54 Å². The summed E-state index contributed by atoms with van der Waals surface area (Å²) in [5, 5.41) is 5.58. The summed E-state index contributed by atoms with van der Waals surface area (Å²) < 4.78 is 0. The number of benzene rings is 1. The molecule has 0 saturated carbocycles. The molecule has 1 rings (SSSR count). The van der Waals surface area contributed by atoms with Crippen LogP contribution in [-0.4, -0.2) is 18.6 Å². The van der Waals surface area contributed by atoms with Crippen LogP contribution in [0.25, 0.3) is 0 Å². The number of carbonyl (C=O) groups excluding carboxylic acids is 1. The molecule has 0 saturated heterocycles. The lowest BCUT2D eigenvalue weighted by Crippen LogP contribution is -2.34. The predicted octanol–water partition coefficient (Wildman–Crippen LogP) is 1.84. The zero-order valence-corrected chi connectivity index (χ0v) is 11.0. The van der Waals surface area contributed by atoms with E-state index in [1.165, 1.54) is 0 Å². The van der Waals surface area contributed by atoms with E-state index in [1.54, 1.807) is 0 Å². The van der Waals surface area contributed by atoms with Gasteiger partial charge < -0.3 is 16.4 Å². The third-order valence-corrected chi connectivity index (χ3v) is 2.24. The largest absolute Gasteiger partial charge is 0.336 e. The number of anilines is 1. The number of hydrogen-bond acceptors (Lipinski definition) is 2. The van der Waals surface area contributed by atoms with E-state index in [9.17, 15) is 4.79 Å². The van der Waals surface area contributed by atoms with E-state index in [4.69, 9.17) is 5.73 Å². The maximum atomic E-state index is 11.6. The Morgan fingerprint density at radius 1 is 1.44 bits per heavy atom. The van der Waals surface area contributed by atoms with Crippen molar-refractivity contribution in [2.24, 2.45) is 5.73 Å². The van der Waals surface area contributed by atoms with Gasteiger partial charge in [-0.05, 0) is 38.5 Å².